The van der Waals surface area contributed by atoms with Crippen LogP contribution in [0.3, 0.4) is 0 Å². The smallest absolute Gasteiger partial charge is 0.203 e. The summed E-state index contributed by atoms with van der Waals surface area (Å²) in [5.41, 5.74) is 0.942. The van der Waals surface area contributed by atoms with Crippen molar-refractivity contribution in [1.82, 2.24) is 4.98 Å². The highest BCUT2D eigenvalue weighted by molar-refractivity contribution is 5.85. The topological polar surface area (TPSA) is 115 Å². The summed E-state index contributed by atoms with van der Waals surface area (Å²) in [6, 6.07) is 7.67. The van der Waals surface area contributed by atoms with Crippen LogP contribution in [0.4, 0.5) is 0 Å². The molecule has 4 atom stereocenters. The minimum Gasteiger partial charge on any atom is -0.463 e. The van der Waals surface area contributed by atoms with Crippen molar-refractivity contribution in [2.45, 2.75) is 31.0 Å². The molecule has 0 bridgehead atoms. The van der Waals surface area contributed by atoms with Gasteiger partial charge in [0.25, 0.3) is 0 Å². The van der Waals surface area contributed by atoms with Gasteiger partial charge < -0.3 is 34.9 Å². The molecule has 0 radical (unpaired) electrons. The van der Waals surface area contributed by atoms with E-state index in [0.717, 1.165) is 18.0 Å². The summed E-state index contributed by atoms with van der Waals surface area (Å²) in [7, 11) is 1.00. The molecule has 2 heterocycles. The van der Waals surface area contributed by atoms with Gasteiger partial charge in [-0.2, -0.15) is 0 Å². The van der Waals surface area contributed by atoms with E-state index < -0.39 is 24.6 Å². The Bertz CT molecular complexity index is 586. The van der Waals surface area contributed by atoms with Gasteiger partial charge in [-0.3, -0.25) is 0 Å². The summed E-state index contributed by atoms with van der Waals surface area (Å²) in [5.74, 6) is 0.617. The number of H-pyrrole nitrogens is 1. The highest BCUT2D eigenvalue weighted by atomic mass is 16.7. The van der Waals surface area contributed by atoms with Gasteiger partial charge in [-0.1, -0.05) is 12.1 Å². The van der Waals surface area contributed by atoms with Crippen LogP contribution in [-0.4, -0.2) is 63.7 Å². The van der Waals surface area contributed by atoms with Crippen molar-refractivity contribution in [2.24, 2.45) is 0 Å². The molecule has 7 nitrogen and oxygen atoms in total. The van der Waals surface area contributed by atoms with E-state index in [1.54, 1.807) is 6.20 Å². The summed E-state index contributed by atoms with van der Waals surface area (Å²) in [6.07, 6.45) is -1.74. The second-order valence-electron chi connectivity index (χ2n) is 4.90. The molecule has 122 valence electrons. The Balaban J connectivity index is 0.000000847. The van der Waals surface area contributed by atoms with Crippen LogP contribution < -0.4 is 4.74 Å². The highest BCUT2D eigenvalue weighted by Crippen LogP contribution is 2.29. The average molecular weight is 311 g/mol. The Hall–Kier alpha value is -1.64. The average Bonchev–Trinajstić information content (AvgIpc) is 2.96. The SMILES string of the molecule is CO.OCC1O[C@@H](Oc2c[nH]c3ccccc23)C[C@@H](O)[C@@H]1O. The summed E-state index contributed by atoms with van der Waals surface area (Å²) < 4.78 is 11.2. The van der Waals surface area contributed by atoms with Crippen molar-refractivity contribution in [3.63, 3.8) is 0 Å². The van der Waals surface area contributed by atoms with Gasteiger partial charge in [-0.15, -0.1) is 0 Å². The van der Waals surface area contributed by atoms with Crippen LogP contribution in [0.15, 0.2) is 30.5 Å². The highest BCUT2D eigenvalue weighted by Gasteiger charge is 2.37. The van der Waals surface area contributed by atoms with Crippen LogP contribution in [0.25, 0.3) is 10.9 Å². The van der Waals surface area contributed by atoms with E-state index in [-0.39, 0.29) is 13.0 Å². The Morgan fingerprint density at radius 1 is 1.27 bits per heavy atom. The number of para-hydroxylation sites is 1. The monoisotopic (exact) mass is 311 g/mol. The minimum atomic E-state index is -1.09. The fourth-order valence-corrected chi connectivity index (χ4v) is 2.43. The van der Waals surface area contributed by atoms with Gasteiger partial charge in [-0.05, 0) is 12.1 Å². The normalized spacial score (nSPS) is 28.0. The van der Waals surface area contributed by atoms with E-state index in [0.29, 0.717) is 5.75 Å². The van der Waals surface area contributed by atoms with E-state index in [2.05, 4.69) is 4.98 Å². The molecule has 1 saturated heterocycles. The van der Waals surface area contributed by atoms with Gasteiger partial charge in [0, 0.05) is 30.6 Å². The van der Waals surface area contributed by atoms with E-state index in [1.165, 1.54) is 0 Å². The molecule has 1 aliphatic heterocycles. The third-order valence-electron chi connectivity index (χ3n) is 3.53. The molecular formula is C15H21NO6. The molecule has 0 aliphatic carbocycles. The van der Waals surface area contributed by atoms with Crippen molar-refractivity contribution < 1.29 is 29.9 Å². The molecule has 3 rings (SSSR count). The number of ether oxygens (including phenoxy) is 2. The number of aromatic amines is 1. The summed E-state index contributed by atoms with van der Waals surface area (Å²) in [5, 5.41) is 36.5. The third kappa shape index (κ3) is 3.40. The number of fused-ring (bicyclic) bond motifs is 1. The van der Waals surface area contributed by atoms with Crippen LogP contribution in [-0.2, 0) is 4.74 Å². The molecule has 0 spiro atoms. The molecule has 1 unspecified atom stereocenters. The molecule has 2 aromatic rings. The fraction of sp³-hybridized carbons (Fsp3) is 0.467. The quantitative estimate of drug-likeness (QED) is 0.544. The summed E-state index contributed by atoms with van der Waals surface area (Å²) >= 11 is 0. The predicted octanol–water partition coefficient (Wildman–Crippen LogP) is -0.0157. The second-order valence-corrected chi connectivity index (χ2v) is 4.90. The number of aliphatic hydroxyl groups excluding tert-OH is 4. The van der Waals surface area contributed by atoms with Crippen LogP contribution >= 0.6 is 0 Å². The molecule has 1 aliphatic rings. The fourth-order valence-electron chi connectivity index (χ4n) is 2.43. The molecule has 1 aromatic heterocycles. The largest absolute Gasteiger partial charge is 0.463 e. The zero-order valence-corrected chi connectivity index (χ0v) is 12.2. The molecule has 1 fully saturated rings. The van der Waals surface area contributed by atoms with Crippen LogP contribution in [0.2, 0.25) is 0 Å². The van der Waals surface area contributed by atoms with Crippen molar-refractivity contribution in [3.8, 4) is 5.75 Å². The van der Waals surface area contributed by atoms with E-state index in [1.807, 2.05) is 24.3 Å². The lowest BCUT2D eigenvalue weighted by molar-refractivity contribution is -0.229. The lowest BCUT2D eigenvalue weighted by atomic mass is 10.0. The Kier molecular flexibility index (Phi) is 5.76. The van der Waals surface area contributed by atoms with Crippen molar-refractivity contribution >= 4 is 10.9 Å². The third-order valence-corrected chi connectivity index (χ3v) is 3.53. The maximum Gasteiger partial charge on any atom is 0.203 e. The zero-order valence-electron chi connectivity index (χ0n) is 12.2. The second kappa shape index (κ2) is 7.57. The van der Waals surface area contributed by atoms with Crippen molar-refractivity contribution in [3.05, 3.63) is 30.5 Å². The maximum atomic E-state index is 9.76. The van der Waals surface area contributed by atoms with Gasteiger partial charge in [0.2, 0.25) is 6.29 Å². The number of nitrogens with one attached hydrogen (secondary N) is 1. The Labute approximate surface area is 127 Å². The first kappa shape index (κ1) is 16.7. The molecular weight excluding hydrogens is 290 g/mol. The lowest BCUT2D eigenvalue weighted by Gasteiger charge is -2.35. The van der Waals surface area contributed by atoms with Crippen LogP contribution in [0.5, 0.6) is 5.75 Å². The summed E-state index contributed by atoms with van der Waals surface area (Å²) in [6.45, 7) is -0.369. The number of aliphatic hydroxyl groups is 4. The number of hydrogen-bond donors (Lipinski definition) is 5. The lowest BCUT2D eigenvalue weighted by Crippen LogP contribution is -2.51. The maximum absolute atomic E-state index is 9.76. The minimum absolute atomic E-state index is 0.150. The number of benzene rings is 1. The molecule has 22 heavy (non-hydrogen) atoms. The van der Waals surface area contributed by atoms with Crippen molar-refractivity contribution in [1.29, 1.82) is 0 Å². The van der Waals surface area contributed by atoms with Crippen LogP contribution in [0.1, 0.15) is 6.42 Å². The van der Waals surface area contributed by atoms with E-state index in [4.69, 9.17) is 19.7 Å². The van der Waals surface area contributed by atoms with Gasteiger partial charge in [0.1, 0.15) is 18.0 Å². The number of rotatable bonds is 3. The molecule has 5 N–H and O–H groups in total. The van der Waals surface area contributed by atoms with Crippen LogP contribution in [0, 0.1) is 0 Å². The first-order valence-corrected chi connectivity index (χ1v) is 6.99. The van der Waals surface area contributed by atoms with Gasteiger partial charge in [0.05, 0.1) is 12.7 Å². The van der Waals surface area contributed by atoms with Gasteiger partial charge in [0.15, 0.2) is 0 Å². The Morgan fingerprint density at radius 3 is 2.73 bits per heavy atom. The predicted molar refractivity (Wildman–Crippen MR) is 79.4 cm³/mol. The number of aromatic nitrogens is 1. The van der Waals surface area contributed by atoms with E-state index in [9.17, 15) is 10.2 Å². The first-order chi connectivity index (χ1) is 10.7. The molecule has 0 amide bonds. The van der Waals surface area contributed by atoms with Gasteiger partial charge in [-0.25, -0.2) is 0 Å². The zero-order chi connectivity index (χ0) is 16.1. The molecule has 1 aromatic carbocycles. The molecule has 7 heteroatoms. The van der Waals surface area contributed by atoms with Crippen molar-refractivity contribution in [2.75, 3.05) is 13.7 Å². The standard InChI is InChI=1S/C14H17NO5.CH4O/c16-7-12-14(18)10(17)5-13(20-12)19-11-6-15-9-4-2-1-3-8(9)11;1-2/h1-4,6,10,12-18H,5,7H2;2H,1H3/t10-,12?,13-,14+;/m1./s1. The first-order valence-electron chi connectivity index (χ1n) is 6.99. The molecule has 0 saturated carbocycles. The van der Waals surface area contributed by atoms with Gasteiger partial charge >= 0.3 is 0 Å². The number of hydrogen-bond acceptors (Lipinski definition) is 6. The van der Waals surface area contributed by atoms with E-state index >= 15 is 0 Å². The summed E-state index contributed by atoms with van der Waals surface area (Å²) in [4.78, 5) is 3.08. The Morgan fingerprint density at radius 2 is 2.00 bits per heavy atom.